The van der Waals surface area contributed by atoms with Gasteiger partial charge in [0.25, 0.3) is 0 Å². The van der Waals surface area contributed by atoms with E-state index in [0.29, 0.717) is 26.1 Å². The lowest BCUT2D eigenvalue weighted by atomic mass is 10.3. The van der Waals surface area contributed by atoms with Crippen molar-refractivity contribution in [3.05, 3.63) is 0 Å². The Morgan fingerprint density at radius 2 is 2.18 bits per heavy atom. The smallest absolute Gasteiger partial charge is 0.305 e. The van der Waals surface area contributed by atoms with Crippen LogP contribution in [0.4, 0.5) is 0 Å². The number of esters is 1. The van der Waals surface area contributed by atoms with Crippen LogP contribution in [0.15, 0.2) is 0 Å². The van der Waals surface area contributed by atoms with Crippen LogP contribution in [0.3, 0.4) is 0 Å². The SMILES string of the molecule is CCOC(=O)CCCON.Cl. The minimum atomic E-state index is -0.195. The van der Waals surface area contributed by atoms with Crippen molar-refractivity contribution in [2.75, 3.05) is 13.2 Å². The summed E-state index contributed by atoms with van der Waals surface area (Å²) in [5, 5.41) is 0. The summed E-state index contributed by atoms with van der Waals surface area (Å²) >= 11 is 0. The molecule has 0 fully saturated rings. The van der Waals surface area contributed by atoms with Crippen molar-refractivity contribution in [2.45, 2.75) is 19.8 Å². The molecule has 0 spiro atoms. The third-order valence-corrected chi connectivity index (χ3v) is 0.948. The number of hydrogen-bond acceptors (Lipinski definition) is 4. The molecular weight excluding hydrogens is 170 g/mol. The maximum absolute atomic E-state index is 10.6. The minimum Gasteiger partial charge on any atom is -0.466 e. The summed E-state index contributed by atoms with van der Waals surface area (Å²) in [7, 11) is 0. The number of ether oxygens (including phenoxy) is 1. The molecule has 0 saturated heterocycles. The van der Waals surface area contributed by atoms with Gasteiger partial charge in [0.2, 0.25) is 0 Å². The van der Waals surface area contributed by atoms with Gasteiger partial charge in [-0.1, -0.05) is 0 Å². The normalized spacial score (nSPS) is 8.55. The van der Waals surface area contributed by atoms with Crippen molar-refractivity contribution in [3.8, 4) is 0 Å². The number of halogens is 1. The molecule has 0 aromatic heterocycles. The van der Waals surface area contributed by atoms with Crippen LogP contribution < -0.4 is 5.90 Å². The number of carbonyl (C=O) groups excluding carboxylic acids is 1. The molecule has 4 nitrogen and oxygen atoms in total. The molecule has 0 heterocycles. The van der Waals surface area contributed by atoms with Crippen LogP contribution in [0.2, 0.25) is 0 Å². The van der Waals surface area contributed by atoms with Crippen molar-refractivity contribution in [2.24, 2.45) is 5.90 Å². The molecule has 0 rings (SSSR count). The molecule has 0 aliphatic carbocycles. The Kier molecular flexibility index (Phi) is 11.7. The highest BCUT2D eigenvalue weighted by atomic mass is 35.5. The van der Waals surface area contributed by atoms with Crippen molar-refractivity contribution < 1.29 is 14.4 Å². The summed E-state index contributed by atoms with van der Waals surface area (Å²) in [6.45, 7) is 2.61. The van der Waals surface area contributed by atoms with Crippen molar-refractivity contribution >= 4 is 18.4 Å². The first-order valence-corrected chi connectivity index (χ1v) is 3.28. The van der Waals surface area contributed by atoms with Gasteiger partial charge < -0.3 is 9.57 Å². The van der Waals surface area contributed by atoms with Gasteiger partial charge in [-0.05, 0) is 13.3 Å². The zero-order valence-electron chi connectivity index (χ0n) is 6.54. The molecular formula is C6H14ClNO3. The molecule has 11 heavy (non-hydrogen) atoms. The predicted octanol–water partition coefficient (Wildman–Crippen LogP) is 0.642. The van der Waals surface area contributed by atoms with Crippen molar-refractivity contribution in [1.29, 1.82) is 0 Å². The van der Waals surface area contributed by atoms with Gasteiger partial charge >= 0.3 is 5.97 Å². The van der Waals surface area contributed by atoms with Crippen molar-refractivity contribution in [3.63, 3.8) is 0 Å². The van der Waals surface area contributed by atoms with Crippen LogP contribution >= 0.6 is 12.4 Å². The van der Waals surface area contributed by atoms with E-state index in [1.54, 1.807) is 6.92 Å². The maximum Gasteiger partial charge on any atom is 0.305 e. The van der Waals surface area contributed by atoms with E-state index in [0.717, 1.165) is 0 Å². The van der Waals surface area contributed by atoms with Gasteiger partial charge in [-0.3, -0.25) is 4.79 Å². The summed E-state index contributed by atoms with van der Waals surface area (Å²) in [4.78, 5) is 14.9. The lowest BCUT2D eigenvalue weighted by Gasteiger charge is -1.99. The largest absolute Gasteiger partial charge is 0.466 e. The van der Waals surface area contributed by atoms with Gasteiger partial charge in [-0.15, -0.1) is 12.4 Å². The lowest BCUT2D eigenvalue weighted by molar-refractivity contribution is -0.143. The molecule has 2 N–H and O–H groups in total. The average molecular weight is 184 g/mol. The van der Waals surface area contributed by atoms with E-state index in [1.165, 1.54) is 0 Å². The Morgan fingerprint density at radius 3 is 2.64 bits per heavy atom. The van der Waals surface area contributed by atoms with E-state index in [-0.39, 0.29) is 18.4 Å². The zero-order chi connectivity index (χ0) is 7.82. The Morgan fingerprint density at radius 1 is 1.55 bits per heavy atom. The molecule has 0 aromatic carbocycles. The van der Waals surface area contributed by atoms with E-state index in [4.69, 9.17) is 5.90 Å². The molecule has 0 amide bonds. The molecule has 0 unspecified atom stereocenters. The van der Waals surface area contributed by atoms with Crippen LogP contribution in [0.25, 0.3) is 0 Å². The number of carbonyl (C=O) groups is 1. The molecule has 0 radical (unpaired) electrons. The molecule has 0 aromatic rings. The summed E-state index contributed by atoms with van der Waals surface area (Å²) in [5.74, 6) is 4.54. The van der Waals surface area contributed by atoms with E-state index in [9.17, 15) is 4.79 Å². The third-order valence-electron chi connectivity index (χ3n) is 0.948. The fourth-order valence-electron chi connectivity index (χ4n) is 0.533. The van der Waals surface area contributed by atoms with E-state index < -0.39 is 0 Å². The molecule has 0 aliphatic heterocycles. The van der Waals surface area contributed by atoms with Gasteiger partial charge in [0.05, 0.1) is 13.2 Å². The topological polar surface area (TPSA) is 61.5 Å². The summed E-state index contributed by atoms with van der Waals surface area (Å²) in [6.07, 6.45) is 1.00. The highest BCUT2D eigenvalue weighted by molar-refractivity contribution is 5.85. The Hall–Kier alpha value is -0.320. The van der Waals surface area contributed by atoms with Crippen LogP contribution in [0, 0.1) is 0 Å². The van der Waals surface area contributed by atoms with Gasteiger partial charge in [0.15, 0.2) is 0 Å². The van der Waals surface area contributed by atoms with E-state index in [2.05, 4.69) is 9.57 Å². The Balaban J connectivity index is 0. The fourth-order valence-corrected chi connectivity index (χ4v) is 0.533. The highest BCUT2D eigenvalue weighted by Crippen LogP contribution is 1.91. The monoisotopic (exact) mass is 183 g/mol. The fraction of sp³-hybridized carbons (Fsp3) is 0.833. The minimum absolute atomic E-state index is 0. The lowest BCUT2D eigenvalue weighted by Crippen LogP contribution is -2.07. The van der Waals surface area contributed by atoms with E-state index >= 15 is 0 Å². The highest BCUT2D eigenvalue weighted by Gasteiger charge is 1.99. The second kappa shape index (κ2) is 9.68. The first kappa shape index (κ1) is 13.3. The molecule has 68 valence electrons. The van der Waals surface area contributed by atoms with Gasteiger partial charge in [0, 0.05) is 6.42 Å². The van der Waals surface area contributed by atoms with Crippen LogP contribution in [0.5, 0.6) is 0 Å². The molecule has 0 bridgehead atoms. The molecule has 0 atom stereocenters. The van der Waals surface area contributed by atoms with Gasteiger partial charge in [0.1, 0.15) is 0 Å². The predicted molar refractivity (Wildman–Crippen MR) is 43.3 cm³/mol. The maximum atomic E-state index is 10.6. The summed E-state index contributed by atoms with van der Waals surface area (Å²) < 4.78 is 4.65. The van der Waals surface area contributed by atoms with Crippen LogP contribution in [0.1, 0.15) is 19.8 Å². The Bertz CT molecular complexity index is 99.8. The average Bonchev–Trinajstić information content (AvgIpc) is 1.89. The van der Waals surface area contributed by atoms with Crippen molar-refractivity contribution in [1.82, 2.24) is 0 Å². The number of nitrogens with two attached hydrogens (primary N) is 1. The first-order valence-electron chi connectivity index (χ1n) is 3.28. The first-order chi connectivity index (χ1) is 4.81. The molecule has 5 heteroatoms. The number of hydrogen-bond donors (Lipinski definition) is 1. The number of rotatable bonds is 5. The van der Waals surface area contributed by atoms with Crippen LogP contribution in [-0.4, -0.2) is 19.2 Å². The standard InChI is InChI=1S/C6H13NO3.ClH/c1-2-9-6(8)4-3-5-10-7;/h2-5,7H2,1H3;1H. The zero-order valence-corrected chi connectivity index (χ0v) is 7.36. The molecule has 0 aliphatic rings. The van der Waals surface area contributed by atoms with Gasteiger partial charge in [-0.2, -0.15) is 0 Å². The second-order valence-corrected chi connectivity index (χ2v) is 1.78. The summed E-state index contributed by atoms with van der Waals surface area (Å²) in [6, 6.07) is 0. The van der Waals surface area contributed by atoms with Gasteiger partial charge in [-0.25, -0.2) is 5.90 Å². The Labute approximate surface area is 72.4 Å². The molecule has 0 saturated carbocycles. The second-order valence-electron chi connectivity index (χ2n) is 1.78. The quantitative estimate of drug-likeness (QED) is 0.386. The van der Waals surface area contributed by atoms with E-state index in [1.807, 2.05) is 0 Å². The third kappa shape index (κ3) is 9.68. The summed E-state index contributed by atoms with van der Waals surface area (Å²) in [5.41, 5.74) is 0. The van der Waals surface area contributed by atoms with Crippen LogP contribution in [-0.2, 0) is 14.4 Å².